The molecule has 1 N–H and O–H groups in total. The van der Waals surface area contributed by atoms with E-state index in [9.17, 15) is 4.79 Å². The topological polar surface area (TPSA) is 59.4 Å². The van der Waals surface area contributed by atoms with Crippen LogP contribution in [0, 0.1) is 11.3 Å². The normalized spacial score (nSPS) is 18.8. The average Bonchev–Trinajstić information content (AvgIpc) is 2.45. The highest BCUT2D eigenvalue weighted by Crippen LogP contribution is 2.11. The van der Waals surface area contributed by atoms with Crippen molar-refractivity contribution >= 4 is 5.91 Å². The maximum absolute atomic E-state index is 11.1. The quantitative estimate of drug-likeness (QED) is 0.741. The van der Waals surface area contributed by atoms with Crippen molar-refractivity contribution in [3.05, 3.63) is 0 Å². The fourth-order valence-corrected chi connectivity index (χ4v) is 2.49. The Labute approximate surface area is 116 Å². The second-order valence-corrected chi connectivity index (χ2v) is 5.09. The Kier molecular flexibility index (Phi) is 7.46. The van der Waals surface area contributed by atoms with Crippen molar-refractivity contribution in [3.63, 3.8) is 0 Å². The van der Waals surface area contributed by atoms with E-state index in [1.165, 1.54) is 0 Å². The molecule has 19 heavy (non-hydrogen) atoms. The summed E-state index contributed by atoms with van der Waals surface area (Å²) in [7, 11) is 1.68. The van der Waals surface area contributed by atoms with Gasteiger partial charge in [0.1, 0.15) is 0 Å². The van der Waals surface area contributed by atoms with E-state index < -0.39 is 0 Å². The predicted molar refractivity (Wildman–Crippen MR) is 75.6 cm³/mol. The van der Waals surface area contributed by atoms with Gasteiger partial charge in [0.05, 0.1) is 12.1 Å². The van der Waals surface area contributed by atoms with Gasteiger partial charge in [-0.3, -0.25) is 9.69 Å². The average molecular weight is 266 g/mol. The maximum atomic E-state index is 11.1. The summed E-state index contributed by atoms with van der Waals surface area (Å²) in [6.07, 6.45) is 3.54. The van der Waals surface area contributed by atoms with Crippen molar-refractivity contribution in [2.24, 2.45) is 0 Å². The van der Waals surface area contributed by atoms with E-state index in [2.05, 4.69) is 28.1 Å². The Balaban J connectivity index is 2.21. The van der Waals surface area contributed by atoms with Crippen molar-refractivity contribution in [1.82, 2.24) is 15.1 Å². The lowest BCUT2D eigenvalue weighted by Crippen LogP contribution is -2.50. The molecule has 1 amide bonds. The Morgan fingerprint density at radius 3 is 2.58 bits per heavy atom. The molecule has 1 atom stereocenters. The number of nitriles is 1. The molecule has 0 aromatic heterocycles. The standard InChI is InChI=1S/C14H26N4O/c1-3-5-13(12-15)18-10-8-17(9-11-18)7-4-6-14(19)16-2/h13H,3-11H2,1-2H3,(H,16,19). The van der Waals surface area contributed by atoms with Crippen LogP contribution in [0.3, 0.4) is 0 Å². The molecular weight excluding hydrogens is 240 g/mol. The van der Waals surface area contributed by atoms with Crippen LogP contribution in [0.1, 0.15) is 32.6 Å². The van der Waals surface area contributed by atoms with E-state index in [4.69, 9.17) is 5.26 Å². The minimum Gasteiger partial charge on any atom is -0.359 e. The molecule has 0 aromatic carbocycles. The molecule has 0 aromatic rings. The molecule has 5 nitrogen and oxygen atoms in total. The lowest BCUT2D eigenvalue weighted by atomic mass is 10.1. The van der Waals surface area contributed by atoms with Gasteiger partial charge < -0.3 is 10.2 Å². The van der Waals surface area contributed by atoms with Gasteiger partial charge in [0, 0.05) is 39.6 Å². The van der Waals surface area contributed by atoms with E-state index in [1.807, 2.05) is 0 Å². The molecule has 0 bridgehead atoms. The van der Waals surface area contributed by atoms with Gasteiger partial charge in [-0.05, 0) is 19.4 Å². The minimum absolute atomic E-state index is 0.0815. The third-order valence-corrected chi connectivity index (χ3v) is 3.72. The predicted octanol–water partition coefficient (Wildman–Crippen LogP) is 0.822. The van der Waals surface area contributed by atoms with Crippen LogP contribution in [-0.2, 0) is 4.79 Å². The molecule has 0 saturated carbocycles. The lowest BCUT2D eigenvalue weighted by Gasteiger charge is -2.36. The zero-order chi connectivity index (χ0) is 14.1. The Hall–Kier alpha value is -1.12. The number of hydrogen-bond acceptors (Lipinski definition) is 4. The Bertz CT molecular complexity index is 305. The third-order valence-electron chi connectivity index (χ3n) is 3.72. The number of carbonyl (C=O) groups is 1. The van der Waals surface area contributed by atoms with Crippen molar-refractivity contribution in [2.75, 3.05) is 39.8 Å². The smallest absolute Gasteiger partial charge is 0.219 e. The van der Waals surface area contributed by atoms with Crippen molar-refractivity contribution < 1.29 is 4.79 Å². The van der Waals surface area contributed by atoms with E-state index >= 15 is 0 Å². The molecule has 1 fully saturated rings. The Morgan fingerprint density at radius 1 is 1.37 bits per heavy atom. The number of amides is 1. The van der Waals surface area contributed by atoms with Gasteiger partial charge in [0.2, 0.25) is 5.91 Å². The Morgan fingerprint density at radius 2 is 2.05 bits per heavy atom. The number of nitrogens with one attached hydrogen (secondary N) is 1. The lowest BCUT2D eigenvalue weighted by molar-refractivity contribution is -0.120. The van der Waals surface area contributed by atoms with Gasteiger partial charge in [-0.25, -0.2) is 0 Å². The first-order valence-corrected chi connectivity index (χ1v) is 7.27. The summed E-state index contributed by atoms with van der Waals surface area (Å²) in [6, 6.07) is 2.49. The SMILES string of the molecule is CCCC(C#N)N1CCN(CCCC(=O)NC)CC1. The molecule has 1 rings (SSSR count). The third kappa shape index (κ3) is 5.58. The second-order valence-electron chi connectivity index (χ2n) is 5.09. The first-order chi connectivity index (χ1) is 9.21. The first kappa shape index (κ1) is 15.9. The molecule has 0 radical (unpaired) electrons. The summed E-state index contributed by atoms with van der Waals surface area (Å²) in [5, 5.41) is 11.8. The summed E-state index contributed by atoms with van der Waals surface area (Å²) in [4.78, 5) is 15.8. The largest absolute Gasteiger partial charge is 0.359 e. The number of carbonyl (C=O) groups excluding carboxylic acids is 1. The summed E-state index contributed by atoms with van der Waals surface area (Å²) in [5.74, 6) is 0.117. The second kappa shape index (κ2) is 8.89. The summed E-state index contributed by atoms with van der Waals surface area (Å²) < 4.78 is 0. The van der Waals surface area contributed by atoms with Crippen LogP contribution < -0.4 is 5.32 Å². The number of piperazine rings is 1. The van der Waals surface area contributed by atoms with Crippen LogP contribution in [-0.4, -0.2) is 61.5 Å². The van der Waals surface area contributed by atoms with Crippen LogP contribution in [0.15, 0.2) is 0 Å². The van der Waals surface area contributed by atoms with Crippen LogP contribution in [0.25, 0.3) is 0 Å². The maximum Gasteiger partial charge on any atom is 0.219 e. The van der Waals surface area contributed by atoms with Crippen LogP contribution in [0.4, 0.5) is 0 Å². The number of rotatable bonds is 7. The van der Waals surface area contributed by atoms with Crippen LogP contribution in [0.5, 0.6) is 0 Å². The molecular formula is C14H26N4O. The number of hydrogen-bond donors (Lipinski definition) is 1. The van der Waals surface area contributed by atoms with E-state index in [0.29, 0.717) is 6.42 Å². The molecule has 1 unspecified atom stereocenters. The first-order valence-electron chi connectivity index (χ1n) is 7.27. The molecule has 1 aliphatic heterocycles. The molecule has 1 aliphatic rings. The van der Waals surface area contributed by atoms with Crippen LogP contribution >= 0.6 is 0 Å². The number of nitrogens with zero attached hydrogens (tertiary/aromatic N) is 3. The summed E-state index contributed by atoms with van der Waals surface area (Å²) in [5.41, 5.74) is 0. The van der Waals surface area contributed by atoms with Gasteiger partial charge in [0.15, 0.2) is 0 Å². The van der Waals surface area contributed by atoms with Gasteiger partial charge >= 0.3 is 0 Å². The van der Waals surface area contributed by atoms with Crippen molar-refractivity contribution in [3.8, 4) is 6.07 Å². The van der Waals surface area contributed by atoms with Crippen molar-refractivity contribution in [2.45, 2.75) is 38.6 Å². The van der Waals surface area contributed by atoms with E-state index in [-0.39, 0.29) is 11.9 Å². The summed E-state index contributed by atoms with van der Waals surface area (Å²) >= 11 is 0. The minimum atomic E-state index is 0.0815. The fourth-order valence-electron chi connectivity index (χ4n) is 2.49. The zero-order valence-electron chi connectivity index (χ0n) is 12.2. The molecule has 5 heteroatoms. The van der Waals surface area contributed by atoms with Gasteiger partial charge in [0.25, 0.3) is 0 Å². The molecule has 1 heterocycles. The highest BCUT2D eigenvalue weighted by atomic mass is 16.1. The molecule has 1 saturated heterocycles. The molecule has 108 valence electrons. The van der Waals surface area contributed by atoms with Gasteiger partial charge in [-0.1, -0.05) is 13.3 Å². The zero-order valence-corrected chi connectivity index (χ0v) is 12.2. The van der Waals surface area contributed by atoms with Gasteiger partial charge in [-0.15, -0.1) is 0 Å². The van der Waals surface area contributed by atoms with Crippen molar-refractivity contribution in [1.29, 1.82) is 5.26 Å². The molecule has 0 aliphatic carbocycles. The molecule has 0 spiro atoms. The van der Waals surface area contributed by atoms with Crippen LogP contribution in [0.2, 0.25) is 0 Å². The van der Waals surface area contributed by atoms with E-state index in [0.717, 1.165) is 52.0 Å². The fraction of sp³-hybridized carbons (Fsp3) is 0.857. The van der Waals surface area contributed by atoms with E-state index in [1.54, 1.807) is 7.05 Å². The highest BCUT2D eigenvalue weighted by molar-refractivity contribution is 5.75. The van der Waals surface area contributed by atoms with Gasteiger partial charge in [-0.2, -0.15) is 5.26 Å². The highest BCUT2D eigenvalue weighted by Gasteiger charge is 2.22. The summed E-state index contributed by atoms with van der Waals surface area (Å²) in [6.45, 7) is 7.06. The monoisotopic (exact) mass is 266 g/mol.